The minimum Gasteiger partial charge on any atom is -0.329 e. The summed E-state index contributed by atoms with van der Waals surface area (Å²) in [5, 5.41) is 1.18. The minimum atomic E-state index is 0.129. The SMILES string of the molecule is CCC(C)(C)N(C)C(CN)c1ccc2nc(C)ccc2c1. The summed E-state index contributed by atoms with van der Waals surface area (Å²) in [4.78, 5) is 6.95. The van der Waals surface area contributed by atoms with E-state index in [0.29, 0.717) is 6.54 Å². The van der Waals surface area contributed by atoms with Gasteiger partial charge in [-0.05, 0) is 58.0 Å². The molecule has 21 heavy (non-hydrogen) atoms. The van der Waals surface area contributed by atoms with Gasteiger partial charge in [0.1, 0.15) is 0 Å². The first kappa shape index (κ1) is 15.9. The normalized spacial score (nSPS) is 13.9. The number of aromatic nitrogens is 1. The Morgan fingerprint density at radius 1 is 1.24 bits per heavy atom. The van der Waals surface area contributed by atoms with Crippen molar-refractivity contribution in [2.24, 2.45) is 5.73 Å². The molecule has 0 aliphatic carbocycles. The molecule has 1 aromatic carbocycles. The number of likely N-dealkylation sites (N-methyl/N-ethyl adjacent to an activating group) is 1. The van der Waals surface area contributed by atoms with E-state index < -0.39 is 0 Å². The van der Waals surface area contributed by atoms with E-state index >= 15 is 0 Å². The first-order valence-electron chi connectivity index (χ1n) is 7.69. The van der Waals surface area contributed by atoms with Gasteiger partial charge in [-0.3, -0.25) is 9.88 Å². The van der Waals surface area contributed by atoms with Crippen LogP contribution in [0.15, 0.2) is 30.3 Å². The largest absolute Gasteiger partial charge is 0.329 e. The van der Waals surface area contributed by atoms with Crippen molar-refractivity contribution >= 4 is 10.9 Å². The maximum atomic E-state index is 6.07. The van der Waals surface area contributed by atoms with Crippen LogP contribution in [-0.2, 0) is 0 Å². The molecule has 1 atom stereocenters. The molecule has 0 radical (unpaired) electrons. The molecule has 0 aliphatic heterocycles. The quantitative estimate of drug-likeness (QED) is 0.911. The molecule has 0 aliphatic rings. The summed E-state index contributed by atoms with van der Waals surface area (Å²) in [6, 6.07) is 10.9. The zero-order valence-corrected chi connectivity index (χ0v) is 13.9. The maximum absolute atomic E-state index is 6.07. The van der Waals surface area contributed by atoms with Gasteiger partial charge in [-0.25, -0.2) is 0 Å². The van der Waals surface area contributed by atoms with Crippen LogP contribution in [0.4, 0.5) is 0 Å². The molecule has 0 saturated heterocycles. The second kappa shape index (κ2) is 6.12. The van der Waals surface area contributed by atoms with Crippen LogP contribution in [-0.4, -0.2) is 29.0 Å². The first-order chi connectivity index (χ1) is 9.89. The average molecular weight is 285 g/mol. The van der Waals surface area contributed by atoms with Crippen LogP contribution >= 0.6 is 0 Å². The Morgan fingerprint density at radius 3 is 2.57 bits per heavy atom. The number of rotatable bonds is 5. The highest BCUT2D eigenvalue weighted by molar-refractivity contribution is 5.79. The van der Waals surface area contributed by atoms with Crippen molar-refractivity contribution in [1.29, 1.82) is 0 Å². The smallest absolute Gasteiger partial charge is 0.0705 e. The standard InChI is InChI=1S/C18H27N3/c1-6-18(3,4)21(5)17(12-19)15-9-10-16-14(11-15)8-7-13(2)20-16/h7-11,17H,6,12,19H2,1-5H3. The van der Waals surface area contributed by atoms with Crippen LogP contribution in [0, 0.1) is 6.92 Å². The number of fused-ring (bicyclic) bond motifs is 1. The number of nitrogens with two attached hydrogens (primary N) is 1. The monoisotopic (exact) mass is 285 g/mol. The molecule has 114 valence electrons. The van der Waals surface area contributed by atoms with Crippen molar-refractivity contribution in [2.45, 2.75) is 45.7 Å². The fourth-order valence-corrected chi connectivity index (χ4v) is 2.64. The molecule has 0 bridgehead atoms. The Kier molecular flexibility index (Phi) is 4.64. The van der Waals surface area contributed by atoms with Gasteiger partial charge in [-0.15, -0.1) is 0 Å². The summed E-state index contributed by atoms with van der Waals surface area (Å²) in [5.41, 5.74) is 9.56. The molecule has 2 rings (SSSR count). The van der Waals surface area contributed by atoms with Gasteiger partial charge in [0.15, 0.2) is 0 Å². The van der Waals surface area contributed by atoms with Gasteiger partial charge in [0.05, 0.1) is 5.52 Å². The molecule has 2 aromatic rings. The van der Waals surface area contributed by atoms with Crippen LogP contribution in [0.2, 0.25) is 0 Å². The summed E-state index contributed by atoms with van der Waals surface area (Å²) < 4.78 is 0. The van der Waals surface area contributed by atoms with Crippen molar-refractivity contribution in [1.82, 2.24) is 9.88 Å². The summed E-state index contributed by atoms with van der Waals surface area (Å²) in [5.74, 6) is 0. The van der Waals surface area contributed by atoms with Crippen molar-refractivity contribution in [3.05, 3.63) is 41.6 Å². The van der Waals surface area contributed by atoms with Crippen molar-refractivity contribution in [2.75, 3.05) is 13.6 Å². The van der Waals surface area contributed by atoms with Gasteiger partial charge >= 0.3 is 0 Å². The van der Waals surface area contributed by atoms with E-state index in [4.69, 9.17) is 5.73 Å². The van der Waals surface area contributed by atoms with E-state index in [2.05, 4.69) is 68.0 Å². The second-order valence-corrected chi connectivity index (χ2v) is 6.43. The van der Waals surface area contributed by atoms with Crippen molar-refractivity contribution in [3.63, 3.8) is 0 Å². The third-order valence-corrected chi connectivity index (χ3v) is 4.75. The van der Waals surface area contributed by atoms with Gasteiger partial charge in [0.2, 0.25) is 0 Å². The van der Waals surface area contributed by atoms with Crippen LogP contribution in [0.25, 0.3) is 10.9 Å². The van der Waals surface area contributed by atoms with Crippen molar-refractivity contribution in [3.8, 4) is 0 Å². The number of pyridine rings is 1. The molecule has 1 unspecified atom stereocenters. The molecule has 0 spiro atoms. The molecule has 3 heteroatoms. The summed E-state index contributed by atoms with van der Waals surface area (Å²) in [6.07, 6.45) is 1.09. The summed E-state index contributed by atoms with van der Waals surface area (Å²) in [7, 11) is 2.17. The van der Waals surface area contributed by atoms with E-state index in [9.17, 15) is 0 Å². The molecular formula is C18H27N3. The number of benzene rings is 1. The Morgan fingerprint density at radius 2 is 1.95 bits per heavy atom. The lowest BCUT2D eigenvalue weighted by Crippen LogP contribution is -2.45. The summed E-state index contributed by atoms with van der Waals surface area (Å²) in [6.45, 7) is 9.39. The van der Waals surface area contributed by atoms with Gasteiger partial charge in [0, 0.05) is 29.2 Å². The Balaban J connectivity index is 2.40. The van der Waals surface area contributed by atoms with E-state index in [1.165, 1.54) is 10.9 Å². The lowest BCUT2D eigenvalue weighted by atomic mass is 9.94. The number of nitrogens with zero attached hydrogens (tertiary/aromatic N) is 2. The Labute approximate surface area is 128 Å². The van der Waals surface area contributed by atoms with Gasteiger partial charge < -0.3 is 5.73 Å². The van der Waals surface area contributed by atoms with E-state index in [1.807, 2.05) is 6.92 Å². The highest BCUT2D eigenvalue weighted by Gasteiger charge is 2.28. The average Bonchev–Trinajstić information content (AvgIpc) is 2.47. The summed E-state index contributed by atoms with van der Waals surface area (Å²) >= 11 is 0. The fourth-order valence-electron chi connectivity index (χ4n) is 2.64. The zero-order valence-electron chi connectivity index (χ0n) is 13.9. The Bertz CT molecular complexity index is 619. The van der Waals surface area contributed by atoms with Crippen LogP contribution < -0.4 is 5.73 Å². The van der Waals surface area contributed by atoms with Crippen LogP contribution in [0.1, 0.15) is 44.5 Å². The topological polar surface area (TPSA) is 42.1 Å². The van der Waals surface area contributed by atoms with E-state index in [-0.39, 0.29) is 11.6 Å². The molecule has 3 nitrogen and oxygen atoms in total. The number of aryl methyl sites for hydroxylation is 1. The van der Waals surface area contributed by atoms with Gasteiger partial charge in [-0.2, -0.15) is 0 Å². The van der Waals surface area contributed by atoms with Crippen molar-refractivity contribution < 1.29 is 0 Å². The predicted octanol–water partition coefficient (Wildman–Crippen LogP) is 3.66. The second-order valence-electron chi connectivity index (χ2n) is 6.43. The van der Waals surface area contributed by atoms with E-state index in [1.54, 1.807) is 0 Å². The molecule has 0 amide bonds. The molecule has 1 heterocycles. The molecule has 0 saturated carbocycles. The molecule has 0 fully saturated rings. The predicted molar refractivity (Wildman–Crippen MR) is 90.4 cm³/mol. The number of hydrogen-bond donors (Lipinski definition) is 1. The lowest BCUT2D eigenvalue weighted by molar-refractivity contribution is 0.101. The highest BCUT2D eigenvalue weighted by atomic mass is 15.2. The van der Waals surface area contributed by atoms with Crippen LogP contribution in [0.3, 0.4) is 0 Å². The number of hydrogen-bond acceptors (Lipinski definition) is 3. The third-order valence-electron chi connectivity index (χ3n) is 4.75. The fraction of sp³-hybridized carbons (Fsp3) is 0.500. The minimum absolute atomic E-state index is 0.129. The highest BCUT2D eigenvalue weighted by Crippen LogP contribution is 2.29. The maximum Gasteiger partial charge on any atom is 0.0705 e. The first-order valence-corrected chi connectivity index (χ1v) is 7.69. The molecule has 2 N–H and O–H groups in total. The Hall–Kier alpha value is -1.45. The zero-order chi connectivity index (χ0) is 15.6. The van der Waals surface area contributed by atoms with E-state index in [0.717, 1.165) is 17.6 Å². The van der Waals surface area contributed by atoms with Crippen LogP contribution in [0.5, 0.6) is 0 Å². The third kappa shape index (κ3) is 3.25. The van der Waals surface area contributed by atoms with Gasteiger partial charge in [-0.1, -0.05) is 19.1 Å². The molecular weight excluding hydrogens is 258 g/mol. The molecule has 1 aromatic heterocycles. The van der Waals surface area contributed by atoms with Gasteiger partial charge in [0.25, 0.3) is 0 Å². The lowest BCUT2D eigenvalue weighted by Gasteiger charge is -2.40.